The van der Waals surface area contributed by atoms with E-state index in [1.165, 1.54) is 0 Å². The molecule has 1 saturated heterocycles. The molecule has 1 amide bonds. The summed E-state index contributed by atoms with van der Waals surface area (Å²) in [6.45, 7) is 9.26. The molecular weight excluding hydrogens is 747 g/mol. The van der Waals surface area contributed by atoms with Gasteiger partial charge in [0.25, 0.3) is 0 Å². The van der Waals surface area contributed by atoms with Crippen molar-refractivity contribution in [2.75, 3.05) is 42.0 Å². The second-order valence-corrected chi connectivity index (χ2v) is 16.9. The number of carbonyl (C=O) groups is 1. The summed E-state index contributed by atoms with van der Waals surface area (Å²) < 4.78 is 35.3. The molecule has 0 unspecified atom stereocenters. The van der Waals surface area contributed by atoms with Crippen LogP contribution in [-0.2, 0) is 21.4 Å². The average molecular weight is 788 g/mol. The van der Waals surface area contributed by atoms with E-state index in [0.717, 1.165) is 63.0 Å². The van der Waals surface area contributed by atoms with Crippen molar-refractivity contribution in [1.29, 1.82) is 0 Å². The van der Waals surface area contributed by atoms with Crippen molar-refractivity contribution in [2.45, 2.75) is 27.2 Å². The number of anilines is 2. The fourth-order valence-corrected chi connectivity index (χ4v) is 7.89. The lowest BCUT2D eigenvalue weighted by Gasteiger charge is -2.36. The molecule has 0 saturated carbocycles. The minimum Gasteiger partial charge on any atom is -0.493 e. The summed E-state index contributed by atoms with van der Waals surface area (Å²) >= 11 is 12.8. The molecule has 1 aromatic heterocycles. The third kappa shape index (κ3) is 8.30. The highest BCUT2D eigenvalue weighted by Gasteiger charge is 2.29. The lowest BCUT2D eigenvalue weighted by atomic mass is 9.99. The second kappa shape index (κ2) is 14.9. The molecule has 54 heavy (non-hydrogen) atoms. The number of nitrogens with zero attached hydrogens (tertiary/aromatic N) is 5. The molecule has 4 aromatic carbocycles. The van der Waals surface area contributed by atoms with Gasteiger partial charge in [-0.05, 0) is 76.7 Å². The lowest BCUT2D eigenvalue weighted by molar-refractivity contribution is 0.0708. The second-order valence-electron chi connectivity index (χ2n) is 14.5. The number of aromatic nitrogens is 2. The Bertz CT molecular complexity index is 2300. The molecule has 0 bridgehead atoms. The summed E-state index contributed by atoms with van der Waals surface area (Å²) in [7, 11) is -3.92. The van der Waals surface area contributed by atoms with E-state index in [2.05, 4.69) is 58.2 Å². The third-order valence-electron chi connectivity index (χ3n) is 9.15. The number of amides is 1. The van der Waals surface area contributed by atoms with Gasteiger partial charge in [0.05, 0.1) is 29.2 Å². The van der Waals surface area contributed by atoms with E-state index in [4.69, 9.17) is 32.9 Å². The van der Waals surface area contributed by atoms with Gasteiger partial charge in [0, 0.05) is 60.8 Å². The largest absolute Gasteiger partial charge is 0.493 e. The fourth-order valence-electron chi connectivity index (χ4n) is 6.33. The predicted molar refractivity (Wildman–Crippen MR) is 214 cm³/mol. The van der Waals surface area contributed by atoms with Crippen LogP contribution in [0.3, 0.4) is 0 Å². The molecule has 11 nitrogen and oxygen atoms in total. The maximum atomic E-state index is 12.5. The zero-order valence-electron chi connectivity index (χ0n) is 30.0. The molecule has 2 N–H and O–H groups in total. The molecule has 0 radical (unpaired) electrons. The highest BCUT2D eigenvalue weighted by Crippen LogP contribution is 2.33. The predicted octanol–water partition coefficient (Wildman–Crippen LogP) is 8.42. The lowest BCUT2D eigenvalue weighted by Crippen LogP contribution is -2.49. The number of hydrogen-bond acceptors (Lipinski definition) is 7. The molecule has 2 aliphatic heterocycles. The van der Waals surface area contributed by atoms with Crippen molar-refractivity contribution in [3.8, 4) is 28.1 Å². The zero-order chi connectivity index (χ0) is 38.2. The Kier molecular flexibility index (Phi) is 10.3. The van der Waals surface area contributed by atoms with E-state index in [-0.39, 0.29) is 11.5 Å². The van der Waals surface area contributed by atoms with Crippen molar-refractivity contribution >= 4 is 50.9 Å². The van der Waals surface area contributed by atoms with Gasteiger partial charge in [0.2, 0.25) is 5.88 Å². The van der Waals surface area contributed by atoms with Crippen LogP contribution in [0.25, 0.3) is 28.1 Å². The van der Waals surface area contributed by atoms with Crippen LogP contribution in [0, 0.1) is 5.41 Å². The number of piperazine rings is 1. The third-order valence-corrected chi connectivity index (χ3v) is 11.0. The van der Waals surface area contributed by atoms with Crippen LogP contribution < -0.4 is 13.9 Å². The zero-order valence-corrected chi connectivity index (χ0v) is 32.4. The van der Waals surface area contributed by atoms with Crippen molar-refractivity contribution in [1.82, 2.24) is 19.2 Å². The summed E-state index contributed by atoms with van der Waals surface area (Å²) in [5.41, 5.74) is 6.77. The van der Waals surface area contributed by atoms with Crippen LogP contribution in [0.2, 0.25) is 10.0 Å². The molecular formula is C40H40Cl2N6O5S. The van der Waals surface area contributed by atoms with Crippen LogP contribution in [0.1, 0.15) is 32.2 Å². The Morgan fingerprint density at radius 1 is 0.852 bits per heavy atom. The van der Waals surface area contributed by atoms with Gasteiger partial charge >= 0.3 is 16.3 Å². The topological polar surface area (TPSA) is 120 Å². The molecule has 2 aliphatic rings. The number of halogens is 2. The maximum absolute atomic E-state index is 12.5. The first-order chi connectivity index (χ1) is 25.7. The molecule has 0 atom stereocenters. The first-order valence-corrected chi connectivity index (χ1v) is 19.7. The van der Waals surface area contributed by atoms with Gasteiger partial charge in [-0.3, -0.25) is 0 Å². The summed E-state index contributed by atoms with van der Waals surface area (Å²) in [5, 5.41) is 10.7. The number of imidazole rings is 1. The van der Waals surface area contributed by atoms with E-state index >= 15 is 0 Å². The monoisotopic (exact) mass is 786 g/mol. The first-order valence-electron chi connectivity index (χ1n) is 17.5. The van der Waals surface area contributed by atoms with Gasteiger partial charge in [0.15, 0.2) is 0 Å². The number of aliphatic hydroxyl groups is 1. The molecule has 0 spiro atoms. The van der Waals surface area contributed by atoms with Crippen molar-refractivity contribution in [3.63, 3.8) is 0 Å². The number of carbonyl (C=O) groups excluding carboxylic acids is 1. The average Bonchev–Trinajstić information content (AvgIpc) is 3.68. The van der Waals surface area contributed by atoms with Gasteiger partial charge in [-0.15, -0.1) is 0 Å². The van der Waals surface area contributed by atoms with Gasteiger partial charge in [0.1, 0.15) is 5.82 Å². The number of aliphatic hydroxyl groups excluding tert-OH is 1. The van der Waals surface area contributed by atoms with Crippen molar-refractivity contribution < 1.29 is 23.1 Å². The standard InChI is InChI=1S/C40H40Cl2N6O5S/c1-40(2,3)26-53-39(50)46-20-18-45(19-21-46)31-11-8-29(9-12-31)28-6-4-27(5-7-28)22-37-43-36(34-17-10-30(41)23-35(34)42)24-47(37)32-13-15-33(16-14-32)48-25-38(49)44-54(48,51)52/h4-17,23-25,44,49H,18-22,26H2,1-3H3. The maximum Gasteiger partial charge on any atom is 0.409 e. The molecule has 280 valence electrons. The van der Waals surface area contributed by atoms with Gasteiger partial charge in [-0.1, -0.05) is 80.4 Å². The molecule has 7 rings (SSSR count). The first kappa shape index (κ1) is 37.2. The number of ether oxygens (including phenoxy) is 1. The minimum absolute atomic E-state index is 0.0659. The van der Waals surface area contributed by atoms with Gasteiger partial charge < -0.3 is 24.2 Å². The Labute approximate surface area is 325 Å². The van der Waals surface area contributed by atoms with Crippen LogP contribution in [0.15, 0.2) is 109 Å². The van der Waals surface area contributed by atoms with Gasteiger partial charge in [-0.2, -0.15) is 8.42 Å². The van der Waals surface area contributed by atoms with Crippen LogP contribution in [-0.4, -0.2) is 66.9 Å². The minimum atomic E-state index is -3.92. The fraction of sp³-hybridized carbons (Fsp3) is 0.250. The van der Waals surface area contributed by atoms with E-state index in [1.54, 1.807) is 41.3 Å². The highest BCUT2D eigenvalue weighted by molar-refractivity contribution is 7.91. The molecule has 5 aromatic rings. The van der Waals surface area contributed by atoms with E-state index in [0.29, 0.717) is 47.5 Å². The molecule has 1 fully saturated rings. The normalized spacial score (nSPS) is 15.6. The number of hydrogen-bond donors (Lipinski definition) is 2. The molecule has 14 heteroatoms. The van der Waals surface area contributed by atoms with E-state index in [1.807, 2.05) is 37.6 Å². The Balaban J connectivity index is 1.06. The van der Waals surface area contributed by atoms with Crippen molar-refractivity contribution in [2.24, 2.45) is 5.41 Å². The Morgan fingerprint density at radius 2 is 1.46 bits per heavy atom. The SMILES string of the molecule is CC(C)(C)COC(=O)N1CCN(c2ccc(-c3ccc(Cc4nc(-c5ccc(Cl)cc5Cl)cn4-c4ccc(N5C=C(O)NS5(=O)=O)cc4)cc3)cc2)CC1. The van der Waals surface area contributed by atoms with Gasteiger partial charge in [-0.25, -0.2) is 18.8 Å². The summed E-state index contributed by atoms with van der Waals surface area (Å²) in [5.74, 6) is 0.294. The Hall–Kier alpha value is -5.17. The quantitative estimate of drug-likeness (QED) is 0.162. The van der Waals surface area contributed by atoms with Crippen LogP contribution >= 0.6 is 23.2 Å². The summed E-state index contributed by atoms with van der Waals surface area (Å²) in [6.07, 6.45) is 3.27. The van der Waals surface area contributed by atoms with E-state index in [9.17, 15) is 18.3 Å². The van der Waals surface area contributed by atoms with E-state index < -0.39 is 16.1 Å². The summed E-state index contributed by atoms with van der Waals surface area (Å²) in [6, 6.07) is 29.0. The van der Waals surface area contributed by atoms with Crippen LogP contribution in [0.4, 0.5) is 16.2 Å². The summed E-state index contributed by atoms with van der Waals surface area (Å²) in [4.78, 5) is 21.6. The molecule has 3 heterocycles. The van der Waals surface area contributed by atoms with Crippen molar-refractivity contribution in [3.05, 3.63) is 131 Å². The smallest absolute Gasteiger partial charge is 0.409 e. The number of rotatable bonds is 8. The number of nitrogens with one attached hydrogen (secondary N) is 1. The highest BCUT2D eigenvalue weighted by atomic mass is 35.5. The number of benzene rings is 4. The Morgan fingerprint density at radius 3 is 2.06 bits per heavy atom. The van der Waals surface area contributed by atoms with Crippen LogP contribution in [0.5, 0.6) is 0 Å². The molecule has 0 aliphatic carbocycles.